The van der Waals surface area contributed by atoms with Crippen molar-refractivity contribution in [3.63, 3.8) is 0 Å². The van der Waals surface area contributed by atoms with E-state index >= 15 is 0 Å². The molecule has 0 saturated carbocycles. The van der Waals surface area contributed by atoms with E-state index in [2.05, 4.69) is 25.8 Å². The topological polar surface area (TPSA) is 45.7 Å². The van der Waals surface area contributed by atoms with E-state index in [1.807, 2.05) is 12.1 Å². The van der Waals surface area contributed by atoms with Crippen molar-refractivity contribution in [3.05, 3.63) is 53.0 Å². The number of pyridine rings is 1. The van der Waals surface area contributed by atoms with Gasteiger partial charge in [0.25, 0.3) is 5.91 Å². The van der Waals surface area contributed by atoms with E-state index in [-0.39, 0.29) is 18.3 Å². The molecule has 24 heavy (non-hydrogen) atoms. The molecule has 0 radical (unpaired) electrons. The molecule has 0 N–H and O–H groups in total. The lowest BCUT2D eigenvalue weighted by Crippen LogP contribution is -2.50. The maximum absolute atomic E-state index is 13.0. The average molecular weight is 394 g/mol. The molecule has 126 valence electrons. The molecule has 2 aromatic rings. The Bertz CT molecular complexity index is 706. The van der Waals surface area contributed by atoms with Crippen molar-refractivity contribution in [2.75, 3.05) is 37.7 Å². The Morgan fingerprint density at radius 2 is 1.88 bits per heavy atom. The SMILES string of the molecule is O=C(COc1ccc(F)cc1Br)N1CCN(c2ccncc2)CC1. The quantitative estimate of drug-likeness (QED) is 0.800. The van der Waals surface area contributed by atoms with Gasteiger partial charge < -0.3 is 14.5 Å². The van der Waals surface area contributed by atoms with Gasteiger partial charge >= 0.3 is 0 Å². The standard InChI is InChI=1S/C17H17BrFN3O2/c18-15-11-13(19)1-2-16(15)24-12-17(23)22-9-7-21(8-10-22)14-3-5-20-6-4-14/h1-6,11H,7-10,12H2. The van der Waals surface area contributed by atoms with Crippen molar-refractivity contribution in [2.24, 2.45) is 0 Å². The highest BCUT2D eigenvalue weighted by Crippen LogP contribution is 2.25. The van der Waals surface area contributed by atoms with Crippen LogP contribution in [0.15, 0.2) is 47.2 Å². The molecular weight excluding hydrogens is 377 g/mol. The van der Waals surface area contributed by atoms with Crippen LogP contribution in [0.1, 0.15) is 0 Å². The number of carbonyl (C=O) groups excluding carboxylic acids is 1. The molecule has 2 heterocycles. The molecule has 1 aromatic carbocycles. The predicted molar refractivity (Wildman–Crippen MR) is 92.6 cm³/mol. The summed E-state index contributed by atoms with van der Waals surface area (Å²) in [6.07, 6.45) is 3.53. The summed E-state index contributed by atoms with van der Waals surface area (Å²) in [5.41, 5.74) is 1.11. The van der Waals surface area contributed by atoms with E-state index in [0.29, 0.717) is 23.3 Å². The minimum Gasteiger partial charge on any atom is -0.483 e. The first kappa shape index (κ1) is 16.7. The second-order valence-corrected chi connectivity index (χ2v) is 6.29. The molecule has 0 aliphatic carbocycles. The first-order valence-electron chi connectivity index (χ1n) is 7.64. The number of aromatic nitrogens is 1. The molecule has 0 spiro atoms. The monoisotopic (exact) mass is 393 g/mol. The van der Waals surface area contributed by atoms with E-state index in [9.17, 15) is 9.18 Å². The molecule has 0 unspecified atom stereocenters. The number of halogens is 2. The van der Waals surface area contributed by atoms with Crippen LogP contribution < -0.4 is 9.64 Å². The fraction of sp³-hybridized carbons (Fsp3) is 0.294. The van der Waals surface area contributed by atoms with Crippen LogP contribution in [-0.4, -0.2) is 48.6 Å². The van der Waals surface area contributed by atoms with E-state index in [1.54, 1.807) is 17.3 Å². The highest BCUT2D eigenvalue weighted by Gasteiger charge is 2.21. The lowest BCUT2D eigenvalue weighted by Gasteiger charge is -2.36. The van der Waals surface area contributed by atoms with Gasteiger partial charge in [-0.15, -0.1) is 0 Å². The first-order valence-corrected chi connectivity index (χ1v) is 8.43. The summed E-state index contributed by atoms with van der Waals surface area (Å²) in [5, 5.41) is 0. The summed E-state index contributed by atoms with van der Waals surface area (Å²) >= 11 is 3.23. The van der Waals surface area contributed by atoms with Crippen molar-refractivity contribution >= 4 is 27.5 Å². The van der Waals surface area contributed by atoms with Crippen LogP contribution in [0.2, 0.25) is 0 Å². The highest BCUT2D eigenvalue weighted by atomic mass is 79.9. The second kappa shape index (κ2) is 7.61. The molecule has 1 aromatic heterocycles. The minimum atomic E-state index is -0.354. The van der Waals surface area contributed by atoms with Crippen molar-refractivity contribution in [1.29, 1.82) is 0 Å². The van der Waals surface area contributed by atoms with Crippen molar-refractivity contribution < 1.29 is 13.9 Å². The number of piperazine rings is 1. The van der Waals surface area contributed by atoms with E-state index in [0.717, 1.165) is 18.8 Å². The predicted octanol–water partition coefficient (Wildman–Crippen LogP) is 2.71. The number of hydrogen-bond donors (Lipinski definition) is 0. The minimum absolute atomic E-state index is 0.0561. The summed E-state index contributed by atoms with van der Waals surface area (Å²) in [7, 11) is 0. The number of nitrogens with zero attached hydrogens (tertiary/aromatic N) is 3. The van der Waals surface area contributed by atoms with Gasteiger partial charge in [-0.3, -0.25) is 9.78 Å². The van der Waals surface area contributed by atoms with Crippen molar-refractivity contribution in [1.82, 2.24) is 9.88 Å². The average Bonchev–Trinajstić information content (AvgIpc) is 2.62. The van der Waals surface area contributed by atoms with Gasteiger partial charge in [0.05, 0.1) is 4.47 Å². The van der Waals surface area contributed by atoms with Crippen LogP contribution in [0.4, 0.5) is 10.1 Å². The number of amides is 1. The van der Waals surface area contributed by atoms with E-state index in [4.69, 9.17) is 4.74 Å². The van der Waals surface area contributed by atoms with Gasteiger partial charge in [0.1, 0.15) is 11.6 Å². The molecule has 0 atom stereocenters. The van der Waals surface area contributed by atoms with Gasteiger partial charge in [0.2, 0.25) is 0 Å². The number of ether oxygens (including phenoxy) is 1. The molecule has 3 rings (SSSR count). The van der Waals surface area contributed by atoms with Gasteiger partial charge in [-0.1, -0.05) is 0 Å². The van der Waals surface area contributed by atoms with E-state index < -0.39 is 0 Å². The molecule has 1 aliphatic heterocycles. The van der Waals surface area contributed by atoms with Crippen LogP contribution >= 0.6 is 15.9 Å². The maximum Gasteiger partial charge on any atom is 0.260 e. The zero-order chi connectivity index (χ0) is 16.9. The zero-order valence-corrected chi connectivity index (χ0v) is 14.6. The summed E-state index contributed by atoms with van der Waals surface area (Å²) < 4.78 is 19.0. The summed E-state index contributed by atoms with van der Waals surface area (Å²) in [4.78, 5) is 20.3. The lowest BCUT2D eigenvalue weighted by atomic mass is 10.2. The molecule has 1 aliphatic rings. The third-order valence-corrected chi connectivity index (χ3v) is 4.53. The van der Waals surface area contributed by atoms with Gasteiger partial charge in [0, 0.05) is 44.3 Å². The summed E-state index contributed by atoms with van der Waals surface area (Å²) in [6.45, 7) is 2.79. The van der Waals surface area contributed by atoms with Crippen LogP contribution in [0.3, 0.4) is 0 Å². The maximum atomic E-state index is 13.0. The first-order chi connectivity index (χ1) is 11.6. The molecule has 1 amide bonds. The zero-order valence-electron chi connectivity index (χ0n) is 13.0. The van der Waals surface area contributed by atoms with E-state index in [1.165, 1.54) is 18.2 Å². The number of anilines is 1. The smallest absolute Gasteiger partial charge is 0.260 e. The molecular formula is C17H17BrFN3O2. The fourth-order valence-corrected chi connectivity index (χ4v) is 3.06. The Balaban J connectivity index is 1.50. The third-order valence-electron chi connectivity index (χ3n) is 3.91. The Morgan fingerprint density at radius 3 is 2.54 bits per heavy atom. The van der Waals surface area contributed by atoms with Gasteiger partial charge in [0.15, 0.2) is 6.61 Å². The van der Waals surface area contributed by atoms with Crippen molar-refractivity contribution in [2.45, 2.75) is 0 Å². The van der Waals surface area contributed by atoms with Crippen LogP contribution in [0, 0.1) is 5.82 Å². The number of carbonyl (C=O) groups is 1. The Kier molecular flexibility index (Phi) is 5.30. The largest absolute Gasteiger partial charge is 0.483 e. The molecule has 7 heteroatoms. The van der Waals surface area contributed by atoms with Crippen LogP contribution in [0.25, 0.3) is 0 Å². The van der Waals surface area contributed by atoms with Crippen LogP contribution in [0.5, 0.6) is 5.75 Å². The van der Waals surface area contributed by atoms with Crippen molar-refractivity contribution in [3.8, 4) is 5.75 Å². The summed E-state index contributed by atoms with van der Waals surface area (Å²) in [6, 6.07) is 8.05. The Morgan fingerprint density at radius 1 is 1.17 bits per heavy atom. The Hall–Kier alpha value is -2.15. The molecule has 1 fully saturated rings. The third kappa shape index (κ3) is 4.03. The van der Waals surface area contributed by atoms with Crippen LogP contribution in [-0.2, 0) is 4.79 Å². The molecule has 1 saturated heterocycles. The number of hydrogen-bond acceptors (Lipinski definition) is 4. The van der Waals surface area contributed by atoms with Gasteiger partial charge in [-0.05, 0) is 46.3 Å². The summed E-state index contributed by atoms with van der Waals surface area (Å²) in [5.74, 6) is 0.0357. The number of rotatable bonds is 4. The van der Waals surface area contributed by atoms with Gasteiger partial charge in [-0.2, -0.15) is 0 Å². The molecule has 5 nitrogen and oxygen atoms in total. The fourth-order valence-electron chi connectivity index (χ4n) is 2.59. The highest BCUT2D eigenvalue weighted by molar-refractivity contribution is 9.10. The second-order valence-electron chi connectivity index (χ2n) is 5.44. The van der Waals surface area contributed by atoms with Gasteiger partial charge in [-0.25, -0.2) is 4.39 Å². The Labute approximate surface area is 148 Å². The normalized spacial score (nSPS) is 14.6. The lowest BCUT2D eigenvalue weighted by molar-refractivity contribution is -0.133. The number of benzene rings is 1. The molecule has 0 bridgehead atoms.